The quantitative estimate of drug-likeness (QED) is 0.835. The minimum Gasteiger partial charge on any atom is -0.459 e. The molecule has 0 radical (unpaired) electrons. The average molecular weight is 273 g/mol. The SMILES string of the molecule is Cc1ccoc1C(=O)N1CCCC1c1ccc(F)cc1. The summed E-state index contributed by atoms with van der Waals surface area (Å²) in [5.41, 5.74) is 1.82. The van der Waals surface area contributed by atoms with Gasteiger partial charge in [0.25, 0.3) is 5.91 Å². The van der Waals surface area contributed by atoms with Gasteiger partial charge in [-0.1, -0.05) is 12.1 Å². The number of benzene rings is 1. The largest absolute Gasteiger partial charge is 0.459 e. The summed E-state index contributed by atoms with van der Waals surface area (Å²) in [7, 11) is 0. The number of aryl methyl sites for hydroxylation is 1. The molecule has 0 saturated carbocycles. The molecule has 1 aromatic carbocycles. The van der Waals surface area contributed by atoms with Gasteiger partial charge in [0.05, 0.1) is 12.3 Å². The molecule has 0 bridgehead atoms. The maximum Gasteiger partial charge on any atom is 0.290 e. The smallest absolute Gasteiger partial charge is 0.290 e. The molecule has 2 heterocycles. The highest BCUT2D eigenvalue weighted by atomic mass is 19.1. The second kappa shape index (κ2) is 5.12. The lowest BCUT2D eigenvalue weighted by Gasteiger charge is -2.24. The Morgan fingerprint density at radius 3 is 2.70 bits per heavy atom. The molecule has 0 aliphatic carbocycles. The summed E-state index contributed by atoms with van der Waals surface area (Å²) in [4.78, 5) is 14.4. The maximum absolute atomic E-state index is 13.0. The highest BCUT2D eigenvalue weighted by Gasteiger charge is 2.32. The summed E-state index contributed by atoms with van der Waals surface area (Å²) < 4.78 is 18.3. The zero-order valence-corrected chi connectivity index (χ0v) is 11.3. The number of likely N-dealkylation sites (tertiary alicyclic amines) is 1. The maximum atomic E-state index is 13.0. The van der Waals surface area contributed by atoms with E-state index in [0.717, 1.165) is 24.0 Å². The molecule has 3 nitrogen and oxygen atoms in total. The third-order valence-electron chi connectivity index (χ3n) is 3.82. The summed E-state index contributed by atoms with van der Waals surface area (Å²) in [5.74, 6) is 0.0600. The first-order valence-electron chi connectivity index (χ1n) is 6.77. The molecule has 1 aliphatic rings. The van der Waals surface area contributed by atoms with Crippen molar-refractivity contribution in [2.75, 3.05) is 6.54 Å². The Kier molecular flexibility index (Phi) is 3.30. The molecule has 1 unspecified atom stereocenters. The topological polar surface area (TPSA) is 33.5 Å². The van der Waals surface area contributed by atoms with E-state index in [1.54, 1.807) is 18.2 Å². The lowest BCUT2D eigenvalue weighted by Crippen LogP contribution is -2.30. The van der Waals surface area contributed by atoms with Gasteiger partial charge in [0.1, 0.15) is 5.82 Å². The van der Waals surface area contributed by atoms with E-state index in [4.69, 9.17) is 4.42 Å². The van der Waals surface area contributed by atoms with E-state index < -0.39 is 0 Å². The van der Waals surface area contributed by atoms with Crippen LogP contribution in [0.4, 0.5) is 4.39 Å². The van der Waals surface area contributed by atoms with Crippen molar-refractivity contribution in [2.24, 2.45) is 0 Å². The highest BCUT2D eigenvalue weighted by Crippen LogP contribution is 2.33. The molecule has 1 atom stereocenters. The van der Waals surface area contributed by atoms with Crippen LogP contribution >= 0.6 is 0 Å². The molecule has 3 rings (SSSR count). The number of amides is 1. The number of halogens is 1. The lowest BCUT2D eigenvalue weighted by molar-refractivity contribution is 0.0702. The van der Waals surface area contributed by atoms with Crippen LogP contribution in [-0.2, 0) is 0 Å². The predicted octanol–water partition coefficient (Wildman–Crippen LogP) is 3.70. The summed E-state index contributed by atoms with van der Waals surface area (Å²) in [6.45, 7) is 2.57. The predicted molar refractivity (Wildman–Crippen MR) is 72.9 cm³/mol. The van der Waals surface area contributed by atoms with Crippen LogP contribution < -0.4 is 0 Å². The zero-order valence-electron chi connectivity index (χ0n) is 11.3. The Morgan fingerprint density at radius 2 is 2.05 bits per heavy atom. The van der Waals surface area contributed by atoms with Crippen molar-refractivity contribution in [3.05, 3.63) is 59.3 Å². The standard InChI is InChI=1S/C16H16FNO2/c1-11-8-10-20-15(11)16(19)18-9-2-3-14(18)12-4-6-13(17)7-5-12/h4-8,10,14H,2-3,9H2,1H3. The molecule has 1 fully saturated rings. The van der Waals surface area contributed by atoms with E-state index in [1.807, 2.05) is 11.8 Å². The molecule has 0 spiro atoms. The molecular weight excluding hydrogens is 257 g/mol. The summed E-state index contributed by atoms with van der Waals surface area (Å²) in [6, 6.07) is 8.17. The normalized spacial score (nSPS) is 18.5. The minimum absolute atomic E-state index is 0.00704. The minimum atomic E-state index is -0.258. The molecule has 1 saturated heterocycles. The van der Waals surface area contributed by atoms with Gasteiger partial charge in [-0.2, -0.15) is 0 Å². The molecule has 0 N–H and O–H groups in total. The molecule has 20 heavy (non-hydrogen) atoms. The van der Waals surface area contributed by atoms with Crippen molar-refractivity contribution in [2.45, 2.75) is 25.8 Å². The van der Waals surface area contributed by atoms with Crippen LogP contribution in [0.1, 0.15) is 40.6 Å². The van der Waals surface area contributed by atoms with Crippen LogP contribution in [0.15, 0.2) is 41.0 Å². The van der Waals surface area contributed by atoms with Gasteiger partial charge in [-0.25, -0.2) is 4.39 Å². The van der Waals surface area contributed by atoms with Gasteiger partial charge in [0.15, 0.2) is 5.76 Å². The molecule has 4 heteroatoms. The number of nitrogens with zero attached hydrogens (tertiary/aromatic N) is 1. The summed E-state index contributed by atoms with van der Waals surface area (Å²) in [5, 5.41) is 0. The third kappa shape index (κ3) is 2.22. The van der Waals surface area contributed by atoms with Crippen molar-refractivity contribution < 1.29 is 13.6 Å². The Labute approximate surface area is 117 Å². The Morgan fingerprint density at radius 1 is 1.30 bits per heavy atom. The van der Waals surface area contributed by atoms with E-state index in [9.17, 15) is 9.18 Å². The van der Waals surface area contributed by atoms with Crippen LogP contribution in [0.5, 0.6) is 0 Å². The van der Waals surface area contributed by atoms with E-state index in [0.29, 0.717) is 12.3 Å². The van der Waals surface area contributed by atoms with Crippen LogP contribution in [0.2, 0.25) is 0 Å². The van der Waals surface area contributed by atoms with Gasteiger partial charge in [0, 0.05) is 12.1 Å². The Balaban J connectivity index is 1.87. The lowest BCUT2D eigenvalue weighted by atomic mass is 10.0. The van der Waals surface area contributed by atoms with Gasteiger partial charge in [0.2, 0.25) is 0 Å². The third-order valence-corrected chi connectivity index (χ3v) is 3.82. The van der Waals surface area contributed by atoms with Crippen LogP contribution in [0, 0.1) is 12.7 Å². The van der Waals surface area contributed by atoms with Gasteiger partial charge in [-0.05, 0) is 43.5 Å². The number of hydrogen-bond donors (Lipinski definition) is 0. The number of hydrogen-bond acceptors (Lipinski definition) is 2. The van der Waals surface area contributed by atoms with Gasteiger partial charge < -0.3 is 9.32 Å². The Hall–Kier alpha value is -2.10. The second-order valence-electron chi connectivity index (χ2n) is 5.14. The van der Waals surface area contributed by atoms with Gasteiger partial charge >= 0.3 is 0 Å². The fraction of sp³-hybridized carbons (Fsp3) is 0.312. The van der Waals surface area contributed by atoms with Crippen molar-refractivity contribution >= 4 is 5.91 Å². The number of rotatable bonds is 2. The molecule has 2 aromatic rings. The summed E-state index contributed by atoms with van der Waals surface area (Å²) in [6.07, 6.45) is 3.39. The van der Waals surface area contributed by atoms with Crippen LogP contribution in [0.25, 0.3) is 0 Å². The summed E-state index contributed by atoms with van der Waals surface area (Å²) >= 11 is 0. The molecule has 1 aromatic heterocycles. The van der Waals surface area contributed by atoms with Crippen LogP contribution in [0.3, 0.4) is 0 Å². The fourth-order valence-corrected chi connectivity index (χ4v) is 2.76. The van der Waals surface area contributed by atoms with Crippen molar-refractivity contribution in [1.82, 2.24) is 4.90 Å². The first kappa shape index (κ1) is 12.9. The van der Waals surface area contributed by atoms with Crippen LogP contribution in [-0.4, -0.2) is 17.4 Å². The van der Waals surface area contributed by atoms with E-state index in [1.165, 1.54) is 18.4 Å². The van der Waals surface area contributed by atoms with Crippen molar-refractivity contribution in [1.29, 1.82) is 0 Å². The Bertz CT molecular complexity index is 618. The number of carbonyl (C=O) groups is 1. The molecule has 1 aliphatic heterocycles. The fourth-order valence-electron chi connectivity index (χ4n) is 2.76. The first-order valence-corrected chi connectivity index (χ1v) is 6.77. The first-order chi connectivity index (χ1) is 9.66. The molecule has 1 amide bonds. The van der Waals surface area contributed by atoms with Crippen molar-refractivity contribution in [3.63, 3.8) is 0 Å². The van der Waals surface area contributed by atoms with E-state index in [-0.39, 0.29) is 17.8 Å². The number of furan rings is 1. The highest BCUT2D eigenvalue weighted by molar-refractivity contribution is 5.93. The van der Waals surface area contributed by atoms with Gasteiger partial charge in [-0.3, -0.25) is 4.79 Å². The monoisotopic (exact) mass is 273 g/mol. The average Bonchev–Trinajstić information content (AvgIpc) is 3.07. The van der Waals surface area contributed by atoms with E-state index in [2.05, 4.69) is 0 Å². The molecule has 104 valence electrons. The van der Waals surface area contributed by atoms with E-state index >= 15 is 0 Å². The van der Waals surface area contributed by atoms with Gasteiger partial charge in [-0.15, -0.1) is 0 Å². The zero-order chi connectivity index (χ0) is 14.1. The number of carbonyl (C=O) groups excluding carboxylic acids is 1. The van der Waals surface area contributed by atoms with Crippen molar-refractivity contribution in [3.8, 4) is 0 Å². The second-order valence-corrected chi connectivity index (χ2v) is 5.14. The molecular formula is C16H16FNO2.